The summed E-state index contributed by atoms with van der Waals surface area (Å²) in [7, 11) is 3.18. The van der Waals surface area contributed by atoms with E-state index in [4.69, 9.17) is 4.74 Å². The fourth-order valence-corrected chi connectivity index (χ4v) is 3.86. The second-order valence-corrected chi connectivity index (χ2v) is 8.37. The molecule has 0 fully saturated rings. The van der Waals surface area contributed by atoms with Crippen LogP contribution in [-0.4, -0.2) is 56.1 Å². The van der Waals surface area contributed by atoms with Crippen LogP contribution in [0, 0.1) is 17.0 Å². The Morgan fingerprint density at radius 3 is 2.57 bits per heavy atom. The van der Waals surface area contributed by atoms with Gasteiger partial charge in [-0.25, -0.2) is 0 Å². The van der Waals surface area contributed by atoms with Gasteiger partial charge in [0, 0.05) is 29.9 Å². The number of aliphatic hydroxyl groups excluding tert-OH is 1. The SMILES string of the molecule is COc1ccc(C(=O)NC(CO)c2nnc(SCC(=O)Nc3ccc(C)c([N+](=O)[O-])c3)n2C)cc1. The maximum Gasteiger partial charge on any atom is 0.274 e. The van der Waals surface area contributed by atoms with Crippen molar-refractivity contribution in [1.29, 1.82) is 0 Å². The molecule has 1 atom stereocenters. The summed E-state index contributed by atoms with van der Waals surface area (Å²) in [5.41, 5.74) is 1.11. The molecular weight excluding hydrogens is 476 g/mol. The van der Waals surface area contributed by atoms with Crippen LogP contribution in [0.15, 0.2) is 47.6 Å². The van der Waals surface area contributed by atoms with Gasteiger partial charge < -0.3 is 25.0 Å². The highest BCUT2D eigenvalue weighted by Gasteiger charge is 2.22. The minimum Gasteiger partial charge on any atom is -0.497 e. The molecule has 3 N–H and O–H groups in total. The van der Waals surface area contributed by atoms with Crippen molar-refractivity contribution in [1.82, 2.24) is 20.1 Å². The topological polar surface area (TPSA) is 162 Å². The molecule has 35 heavy (non-hydrogen) atoms. The minimum absolute atomic E-state index is 0.0321. The van der Waals surface area contributed by atoms with Gasteiger partial charge in [0.1, 0.15) is 11.8 Å². The van der Waals surface area contributed by atoms with Crippen molar-refractivity contribution in [2.45, 2.75) is 18.1 Å². The van der Waals surface area contributed by atoms with Gasteiger partial charge in [-0.2, -0.15) is 0 Å². The summed E-state index contributed by atoms with van der Waals surface area (Å²) in [5.74, 6) is 0.0984. The predicted molar refractivity (Wildman–Crippen MR) is 128 cm³/mol. The van der Waals surface area contributed by atoms with Crippen LogP contribution >= 0.6 is 11.8 Å². The van der Waals surface area contributed by atoms with E-state index < -0.39 is 23.5 Å². The Kier molecular flexibility index (Phi) is 8.39. The number of carbonyl (C=O) groups excluding carboxylic acids is 2. The highest BCUT2D eigenvalue weighted by Crippen LogP contribution is 2.24. The Labute approximate surface area is 204 Å². The van der Waals surface area contributed by atoms with Crippen LogP contribution < -0.4 is 15.4 Å². The molecule has 13 heteroatoms. The zero-order chi connectivity index (χ0) is 25.5. The highest BCUT2D eigenvalue weighted by atomic mass is 32.2. The van der Waals surface area contributed by atoms with Gasteiger partial charge in [0.05, 0.1) is 24.4 Å². The molecule has 1 unspecified atom stereocenters. The lowest BCUT2D eigenvalue weighted by Crippen LogP contribution is -2.32. The highest BCUT2D eigenvalue weighted by molar-refractivity contribution is 7.99. The van der Waals surface area contributed by atoms with E-state index in [9.17, 15) is 24.8 Å². The number of ether oxygens (including phenoxy) is 1. The molecule has 0 bridgehead atoms. The first-order valence-corrected chi connectivity index (χ1v) is 11.3. The lowest BCUT2D eigenvalue weighted by atomic mass is 10.2. The van der Waals surface area contributed by atoms with E-state index in [1.54, 1.807) is 54.9 Å². The van der Waals surface area contributed by atoms with E-state index in [2.05, 4.69) is 20.8 Å². The van der Waals surface area contributed by atoms with Gasteiger partial charge in [-0.05, 0) is 37.3 Å². The summed E-state index contributed by atoms with van der Waals surface area (Å²) in [6.07, 6.45) is 0. The number of anilines is 1. The van der Waals surface area contributed by atoms with Crippen molar-refractivity contribution in [2.24, 2.45) is 7.05 Å². The van der Waals surface area contributed by atoms with Crippen molar-refractivity contribution in [3.8, 4) is 5.75 Å². The first-order valence-electron chi connectivity index (χ1n) is 10.4. The van der Waals surface area contributed by atoms with Crippen LogP contribution in [-0.2, 0) is 11.8 Å². The first kappa shape index (κ1) is 25.6. The number of nitro benzene ring substituents is 1. The molecule has 12 nitrogen and oxygen atoms in total. The van der Waals surface area contributed by atoms with Gasteiger partial charge in [0.15, 0.2) is 11.0 Å². The molecule has 0 radical (unpaired) electrons. The average molecular weight is 501 g/mol. The molecule has 0 aliphatic carbocycles. The van der Waals surface area contributed by atoms with E-state index in [0.29, 0.717) is 33.5 Å². The van der Waals surface area contributed by atoms with E-state index in [0.717, 1.165) is 11.8 Å². The average Bonchev–Trinajstić information content (AvgIpc) is 3.22. The third-order valence-corrected chi connectivity index (χ3v) is 6.06. The van der Waals surface area contributed by atoms with Crippen molar-refractivity contribution in [3.05, 3.63) is 69.5 Å². The van der Waals surface area contributed by atoms with Gasteiger partial charge in [-0.15, -0.1) is 10.2 Å². The van der Waals surface area contributed by atoms with E-state index in [1.165, 1.54) is 13.2 Å². The van der Waals surface area contributed by atoms with Crippen molar-refractivity contribution in [2.75, 3.05) is 24.8 Å². The molecule has 0 aliphatic rings. The van der Waals surface area contributed by atoms with Gasteiger partial charge >= 0.3 is 0 Å². The number of carbonyl (C=O) groups is 2. The zero-order valence-electron chi connectivity index (χ0n) is 19.2. The van der Waals surface area contributed by atoms with Crippen molar-refractivity contribution in [3.63, 3.8) is 0 Å². The molecule has 1 aromatic heterocycles. The number of thioether (sulfide) groups is 1. The number of nitro groups is 1. The van der Waals surface area contributed by atoms with Gasteiger partial charge in [-0.3, -0.25) is 19.7 Å². The second kappa shape index (κ2) is 11.4. The van der Waals surface area contributed by atoms with Crippen LogP contribution in [0.5, 0.6) is 5.75 Å². The molecule has 0 saturated carbocycles. The number of benzene rings is 2. The number of nitrogens with zero attached hydrogens (tertiary/aromatic N) is 4. The van der Waals surface area contributed by atoms with Gasteiger partial charge in [0.2, 0.25) is 5.91 Å². The summed E-state index contributed by atoms with van der Waals surface area (Å²) in [5, 5.41) is 34.7. The molecule has 0 saturated heterocycles. The number of nitrogens with one attached hydrogen (secondary N) is 2. The smallest absolute Gasteiger partial charge is 0.274 e. The Morgan fingerprint density at radius 2 is 1.94 bits per heavy atom. The molecule has 2 amide bonds. The van der Waals surface area contributed by atoms with Crippen molar-refractivity contribution >= 4 is 35.0 Å². The van der Waals surface area contributed by atoms with Crippen LogP contribution in [0.1, 0.15) is 27.8 Å². The maximum atomic E-state index is 12.6. The lowest BCUT2D eigenvalue weighted by molar-refractivity contribution is -0.385. The fourth-order valence-electron chi connectivity index (χ4n) is 3.14. The second-order valence-electron chi connectivity index (χ2n) is 7.43. The van der Waals surface area contributed by atoms with Crippen LogP contribution in [0.3, 0.4) is 0 Å². The minimum atomic E-state index is -0.821. The Hall–Kier alpha value is -3.97. The number of aliphatic hydroxyl groups is 1. The molecule has 0 aliphatic heterocycles. The quantitative estimate of drug-likeness (QED) is 0.215. The van der Waals surface area contributed by atoms with Crippen LogP contribution in [0.2, 0.25) is 0 Å². The van der Waals surface area contributed by atoms with Crippen molar-refractivity contribution < 1.29 is 24.4 Å². The Balaban J connectivity index is 1.62. The third-order valence-electron chi connectivity index (χ3n) is 5.04. The van der Waals surface area contributed by atoms with E-state index >= 15 is 0 Å². The monoisotopic (exact) mass is 500 g/mol. The van der Waals surface area contributed by atoms with E-state index in [-0.39, 0.29) is 17.3 Å². The van der Waals surface area contributed by atoms with Gasteiger partial charge in [-0.1, -0.05) is 17.8 Å². The Bertz CT molecular complexity index is 1230. The maximum absolute atomic E-state index is 12.6. The first-order chi connectivity index (χ1) is 16.7. The molecule has 3 aromatic rings. The van der Waals surface area contributed by atoms with Crippen LogP contribution in [0.25, 0.3) is 0 Å². The zero-order valence-corrected chi connectivity index (χ0v) is 20.0. The summed E-state index contributed by atoms with van der Waals surface area (Å²) in [6, 6.07) is 10.1. The standard InChI is InChI=1S/C22H24N6O6S/c1-13-4-7-15(10-18(13)28(32)33)23-19(30)12-35-22-26-25-20(27(22)2)17(11-29)24-21(31)14-5-8-16(34-3)9-6-14/h4-10,17,29H,11-12H2,1-3H3,(H,23,30)(H,24,31). The lowest BCUT2D eigenvalue weighted by Gasteiger charge is -2.16. The number of aromatic nitrogens is 3. The number of amides is 2. The number of rotatable bonds is 10. The number of hydrogen-bond donors (Lipinski definition) is 3. The fraction of sp³-hybridized carbons (Fsp3) is 0.273. The normalized spacial score (nSPS) is 11.5. The molecule has 0 spiro atoms. The third kappa shape index (κ3) is 6.33. The number of hydrogen-bond acceptors (Lipinski definition) is 9. The number of methoxy groups -OCH3 is 1. The molecule has 3 rings (SSSR count). The summed E-state index contributed by atoms with van der Waals surface area (Å²) in [4.78, 5) is 35.5. The summed E-state index contributed by atoms with van der Waals surface area (Å²) >= 11 is 1.09. The van der Waals surface area contributed by atoms with Crippen LogP contribution in [0.4, 0.5) is 11.4 Å². The van der Waals surface area contributed by atoms with E-state index in [1.807, 2.05) is 0 Å². The molecular formula is C22H24N6O6S. The molecule has 2 aromatic carbocycles. The molecule has 184 valence electrons. The largest absolute Gasteiger partial charge is 0.497 e. The Morgan fingerprint density at radius 1 is 1.23 bits per heavy atom. The summed E-state index contributed by atoms with van der Waals surface area (Å²) < 4.78 is 6.65. The number of aryl methyl sites for hydroxylation is 1. The predicted octanol–water partition coefficient (Wildman–Crippen LogP) is 2.23. The summed E-state index contributed by atoms with van der Waals surface area (Å²) in [6.45, 7) is 1.20. The molecule has 1 heterocycles. The van der Waals surface area contributed by atoms with Gasteiger partial charge in [0.25, 0.3) is 11.6 Å².